The first-order chi connectivity index (χ1) is 14.0. The standard InChI is InChI=1S/C23H21N3O2S/c1-14-8-10-18(11-9-14)25-22(27)21-19-6-4-5-7-20(19)29-23(21)26-15(2)12-17(13-24-28)16(26)3/h4-13,28H,1-3H3,(H,25,27)/b24-13-. The fourth-order valence-electron chi connectivity index (χ4n) is 3.53. The largest absolute Gasteiger partial charge is 0.411 e. The average molecular weight is 404 g/mol. The van der Waals surface area contributed by atoms with Crippen molar-refractivity contribution in [1.29, 1.82) is 0 Å². The quantitative estimate of drug-likeness (QED) is 0.262. The molecule has 6 heteroatoms. The molecule has 29 heavy (non-hydrogen) atoms. The van der Waals surface area contributed by atoms with Crippen molar-refractivity contribution in [2.75, 3.05) is 5.32 Å². The lowest BCUT2D eigenvalue weighted by molar-refractivity contribution is 0.102. The third kappa shape index (κ3) is 3.43. The Morgan fingerprint density at radius 1 is 1.10 bits per heavy atom. The Morgan fingerprint density at radius 3 is 2.55 bits per heavy atom. The Morgan fingerprint density at radius 2 is 1.83 bits per heavy atom. The maximum Gasteiger partial charge on any atom is 0.259 e. The molecule has 2 heterocycles. The van der Waals surface area contributed by atoms with Crippen LogP contribution in [0.2, 0.25) is 0 Å². The molecule has 4 aromatic rings. The van der Waals surface area contributed by atoms with Crippen LogP contribution in [0.4, 0.5) is 5.69 Å². The molecule has 0 atom stereocenters. The minimum Gasteiger partial charge on any atom is -0.411 e. The van der Waals surface area contributed by atoms with E-state index in [0.29, 0.717) is 5.56 Å². The number of hydrogen-bond acceptors (Lipinski definition) is 4. The van der Waals surface area contributed by atoms with E-state index < -0.39 is 0 Å². The summed E-state index contributed by atoms with van der Waals surface area (Å²) in [6.07, 6.45) is 1.41. The fraction of sp³-hybridized carbons (Fsp3) is 0.130. The Balaban J connectivity index is 1.88. The molecule has 2 N–H and O–H groups in total. The molecule has 0 saturated carbocycles. The molecular weight excluding hydrogens is 382 g/mol. The molecule has 0 aliphatic rings. The number of anilines is 1. The molecular formula is C23H21N3O2S. The molecule has 2 aromatic heterocycles. The van der Waals surface area contributed by atoms with E-state index in [9.17, 15) is 4.79 Å². The van der Waals surface area contributed by atoms with E-state index in [1.54, 1.807) is 11.3 Å². The summed E-state index contributed by atoms with van der Waals surface area (Å²) in [5.41, 5.74) is 5.23. The van der Waals surface area contributed by atoms with Gasteiger partial charge in [-0.2, -0.15) is 0 Å². The molecule has 2 aromatic carbocycles. The maximum atomic E-state index is 13.3. The topological polar surface area (TPSA) is 66.6 Å². The Bertz CT molecular complexity index is 1230. The summed E-state index contributed by atoms with van der Waals surface area (Å²) in [4.78, 5) is 13.3. The van der Waals surface area contributed by atoms with Crippen molar-refractivity contribution < 1.29 is 10.0 Å². The molecule has 0 aliphatic carbocycles. The zero-order chi connectivity index (χ0) is 20.5. The normalized spacial score (nSPS) is 11.4. The van der Waals surface area contributed by atoms with E-state index in [0.717, 1.165) is 43.3 Å². The van der Waals surface area contributed by atoms with E-state index in [-0.39, 0.29) is 5.91 Å². The summed E-state index contributed by atoms with van der Waals surface area (Å²) in [5.74, 6) is -0.147. The Hall–Kier alpha value is -3.38. The number of carbonyl (C=O) groups excluding carboxylic acids is 1. The minimum absolute atomic E-state index is 0.147. The van der Waals surface area contributed by atoms with Gasteiger partial charge in [-0.25, -0.2) is 0 Å². The highest BCUT2D eigenvalue weighted by atomic mass is 32.1. The van der Waals surface area contributed by atoms with Crippen molar-refractivity contribution in [1.82, 2.24) is 4.57 Å². The highest BCUT2D eigenvalue weighted by Gasteiger charge is 2.23. The van der Waals surface area contributed by atoms with Gasteiger partial charge < -0.3 is 15.1 Å². The molecule has 146 valence electrons. The van der Waals surface area contributed by atoms with Crippen molar-refractivity contribution in [3.05, 3.63) is 82.7 Å². The van der Waals surface area contributed by atoms with E-state index in [1.165, 1.54) is 6.21 Å². The molecule has 4 rings (SSSR count). The smallest absolute Gasteiger partial charge is 0.259 e. The summed E-state index contributed by atoms with van der Waals surface area (Å²) in [5, 5.41) is 16.9. The van der Waals surface area contributed by atoms with Gasteiger partial charge in [0, 0.05) is 32.7 Å². The second-order valence-electron chi connectivity index (χ2n) is 7.00. The number of aryl methyl sites for hydroxylation is 2. The number of nitrogens with one attached hydrogen (secondary N) is 1. The zero-order valence-electron chi connectivity index (χ0n) is 16.4. The monoisotopic (exact) mass is 403 g/mol. The van der Waals surface area contributed by atoms with Gasteiger partial charge in [-0.05, 0) is 45.0 Å². The number of carbonyl (C=O) groups is 1. The first-order valence-electron chi connectivity index (χ1n) is 9.26. The predicted octanol–water partition coefficient (Wildman–Crippen LogP) is 5.68. The zero-order valence-corrected chi connectivity index (χ0v) is 17.2. The third-order valence-corrected chi connectivity index (χ3v) is 6.14. The van der Waals surface area contributed by atoms with Crippen LogP contribution in [-0.2, 0) is 0 Å². The number of fused-ring (bicyclic) bond motifs is 1. The summed E-state index contributed by atoms with van der Waals surface area (Å²) in [6.45, 7) is 5.95. The average Bonchev–Trinajstić information content (AvgIpc) is 3.20. The number of rotatable bonds is 4. The fourth-order valence-corrected chi connectivity index (χ4v) is 4.84. The highest BCUT2D eigenvalue weighted by Crippen LogP contribution is 2.37. The number of benzene rings is 2. The molecule has 0 aliphatic heterocycles. The highest BCUT2D eigenvalue weighted by molar-refractivity contribution is 7.22. The summed E-state index contributed by atoms with van der Waals surface area (Å²) < 4.78 is 3.09. The molecule has 5 nitrogen and oxygen atoms in total. The van der Waals surface area contributed by atoms with Crippen LogP contribution in [0.15, 0.2) is 59.8 Å². The summed E-state index contributed by atoms with van der Waals surface area (Å²) in [7, 11) is 0. The Kier molecular flexibility index (Phi) is 4.94. The lowest BCUT2D eigenvalue weighted by Gasteiger charge is -2.11. The second kappa shape index (κ2) is 7.56. The predicted molar refractivity (Wildman–Crippen MR) is 119 cm³/mol. The van der Waals surface area contributed by atoms with Crippen LogP contribution < -0.4 is 5.32 Å². The van der Waals surface area contributed by atoms with Crippen molar-refractivity contribution in [2.24, 2.45) is 5.16 Å². The lowest BCUT2D eigenvalue weighted by Crippen LogP contribution is -2.14. The van der Waals surface area contributed by atoms with Gasteiger partial charge in [0.25, 0.3) is 5.91 Å². The summed E-state index contributed by atoms with van der Waals surface area (Å²) >= 11 is 1.57. The van der Waals surface area contributed by atoms with Crippen molar-refractivity contribution >= 4 is 39.2 Å². The Labute approximate surface area is 172 Å². The van der Waals surface area contributed by atoms with Gasteiger partial charge in [-0.15, -0.1) is 11.3 Å². The third-order valence-electron chi connectivity index (χ3n) is 4.98. The van der Waals surface area contributed by atoms with Crippen LogP contribution in [0.1, 0.15) is 32.9 Å². The van der Waals surface area contributed by atoms with Crippen LogP contribution in [0.5, 0.6) is 0 Å². The number of aromatic nitrogens is 1. The number of nitrogens with zero attached hydrogens (tertiary/aromatic N) is 2. The SMILES string of the molecule is Cc1ccc(NC(=O)c2c(-n3c(C)cc(/C=N\O)c3C)sc3ccccc23)cc1. The molecule has 0 unspecified atom stereocenters. The van der Waals surface area contributed by atoms with Crippen molar-refractivity contribution in [3.63, 3.8) is 0 Å². The van der Waals surface area contributed by atoms with E-state index >= 15 is 0 Å². The van der Waals surface area contributed by atoms with Gasteiger partial charge in [0.05, 0.1) is 11.8 Å². The van der Waals surface area contributed by atoms with E-state index in [1.807, 2.05) is 79.9 Å². The molecule has 0 radical (unpaired) electrons. The van der Waals surface area contributed by atoms with E-state index in [4.69, 9.17) is 5.21 Å². The van der Waals surface area contributed by atoms with Gasteiger partial charge in [0.2, 0.25) is 0 Å². The van der Waals surface area contributed by atoms with Gasteiger partial charge in [-0.3, -0.25) is 4.79 Å². The summed E-state index contributed by atoms with van der Waals surface area (Å²) in [6, 6.07) is 17.6. The second-order valence-corrected chi connectivity index (χ2v) is 8.04. The van der Waals surface area contributed by atoms with Crippen LogP contribution >= 0.6 is 11.3 Å². The number of amides is 1. The molecule has 0 fully saturated rings. The lowest BCUT2D eigenvalue weighted by atomic mass is 10.1. The van der Waals surface area contributed by atoms with Crippen LogP contribution in [0.25, 0.3) is 15.1 Å². The van der Waals surface area contributed by atoms with Crippen molar-refractivity contribution in [3.8, 4) is 5.00 Å². The van der Waals surface area contributed by atoms with Crippen LogP contribution in [-0.4, -0.2) is 21.9 Å². The molecule has 0 saturated heterocycles. The van der Waals surface area contributed by atoms with Gasteiger partial charge in [0.15, 0.2) is 0 Å². The van der Waals surface area contributed by atoms with Gasteiger partial charge in [-0.1, -0.05) is 41.1 Å². The number of hydrogen-bond donors (Lipinski definition) is 2. The number of thiophene rings is 1. The van der Waals surface area contributed by atoms with Gasteiger partial charge in [0.1, 0.15) is 5.00 Å². The first kappa shape index (κ1) is 19.0. The van der Waals surface area contributed by atoms with Crippen molar-refractivity contribution in [2.45, 2.75) is 20.8 Å². The van der Waals surface area contributed by atoms with Crippen LogP contribution in [0.3, 0.4) is 0 Å². The molecule has 0 bridgehead atoms. The van der Waals surface area contributed by atoms with Gasteiger partial charge >= 0.3 is 0 Å². The minimum atomic E-state index is -0.147. The molecule has 0 spiro atoms. The van der Waals surface area contributed by atoms with Crippen LogP contribution in [0, 0.1) is 20.8 Å². The molecule has 1 amide bonds. The number of oxime groups is 1. The first-order valence-corrected chi connectivity index (χ1v) is 10.1. The van der Waals surface area contributed by atoms with E-state index in [2.05, 4.69) is 10.5 Å². The maximum absolute atomic E-state index is 13.3.